The standard InChI is InChI=1S/C20H20N6O.C2H6/c1-13-7-9-14(10-8-13)22-12-15-11-18(27)26-20(23-15)24-19(25-26)16-5-3-2-4-6-17(16)21;1-2/h2,4-11,22H,3,12,21H2,1H3,(H,23,24,25);1-2H3. The zero-order valence-electron chi connectivity index (χ0n) is 16.9. The van der Waals surface area contributed by atoms with Gasteiger partial charge in [-0.1, -0.05) is 49.8 Å². The van der Waals surface area contributed by atoms with E-state index >= 15 is 0 Å². The highest BCUT2D eigenvalue weighted by Crippen LogP contribution is 2.19. The summed E-state index contributed by atoms with van der Waals surface area (Å²) in [4.78, 5) is 21.4. The maximum absolute atomic E-state index is 12.4. The number of anilines is 1. The Morgan fingerprint density at radius 1 is 1.21 bits per heavy atom. The van der Waals surface area contributed by atoms with Crippen LogP contribution in [0.15, 0.2) is 65.1 Å². The lowest BCUT2D eigenvalue weighted by molar-refractivity contribution is 0.871. The molecule has 4 rings (SSSR count). The summed E-state index contributed by atoms with van der Waals surface area (Å²) in [7, 11) is 0. The first-order valence-electron chi connectivity index (χ1n) is 9.72. The third kappa shape index (κ3) is 4.63. The lowest BCUT2D eigenvalue weighted by Crippen LogP contribution is -2.17. The highest BCUT2D eigenvalue weighted by molar-refractivity contribution is 5.75. The lowest BCUT2D eigenvalue weighted by Gasteiger charge is -2.06. The molecule has 1 aliphatic rings. The number of hydrogen-bond donors (Lipinski definition) is 3. The Kier molecular flexibility index (Phi) is 6.29. The van der Waals surface area contributed by atoms with Gasteiger partial charge in [-0.05, 0) is 31.6 Å². The van der Waals surface area contributed by atoms with Crippen molar-refractivity contribution in [3.05, 3.63) is 87.8 Å². The molecule has 1 aliphatic carbocycles. The summed E-state index contributed by atoms with van der Waals surface area (Å²) in [5.74, 6) is 0.852. The van der Waals surface area contributed by atoms with Crippen LogP contribution in [0.25, 0.3) is 11.4 Å². The number of fused-ring (bicyclic) bond motifs is 1. The summed E-state index contributed by atoms with van der Waals surface area (Å²) in [6.07, 6.45) is 8.44. The van der Waals surface area contributed by atoms with Crippen molar-refractivity contribution in [3.8, 4) is 0 Å². The average Bonchev–Trinajstić information content (AvgIpc) is 3.04. The second-order valence-corrected chi connectivity index (χ2v) is 6.42. The van der Waals surface area contributed by atoms with Gasteiger partial charge in [-0.3, -0.25) is 9.89 Å². The van der Waals surface area contributed by atoms with Crippen LogP contribution >= 0.6 is 0 Å². The Bertz CT molecular complexity index is 1130. The number of rotatable bonds is 4. The predicted octanol–water partition coefficient (Wildman–Crippen LogP) is 3.55. The molecule has 1 aromatic carbocycles. The van der Waals surface area contributed by atoms with Gasteiger partial charge in [0.05, 0.1) is 12.2 Å². The van der Waals surface area contributed by atoms with Crippen LogP contribution in [0.3, 0.4) is 0 Å². The molecule has 0 unspecified atom stereocenters. The summed E-state index contributed by atoms with van der Waals surface area (Å²) in [6, 6.07) is 9.55. The zero-order valence-corrected chi connectivity index (χ0v) is 16.9. The summed E-state index contributed by atoms with van der Waals surface area (Å²) >= 11 is 0. The van der Waals surface area contributed by atoms with Gasteiger partial charge in [0.15, 0.2) is 5.82 Å². The molecule has 0 aliphatic heterocycles. The van der Waals surface area contributed by atoms with Gasteiger partial charge in [0.2, 0.25) is 0 Å². The number of H-pyrrole nitrogens is 1. The molecule has 0 spiro atoms. The van der Waals surface area contributed by atoms with Crippen molar-refractivity contribution < 1.29 is 0 Å². The van der Waals surface area contributed by atoms with Crippen molar-refractivity contribution in [1.29, 1.82) is 0 Å². The minimum absolute atomic E-state index is 0.214. The molecule has 0 amide bonds. The minimum Gasteiger partial charge on any atom is -0.398 e. The molecule has 7 heteroatoms. The molecule has 0 saturated carbocycles. The molecule has 0 saturated heterocycles. The Balaban J connectivity index is 0.00000117. The highest BCUT2D eigenvalue weighted by atomic mass is 16.1. The molecule has 0 atom stereocenters. The molecular weight excluding hydrogens is 364 g/mol. The van der Waals surface area contributed by atoms with Gasteiger partial charge in [0.1, 0.15) is 0 Å². The molecule has 4 N–H and O–H groups in total. The molecular formula is C22H26N6O. The Morgan fingerprint density at radius 2 is 1.97 bits per heavy atom. The van der Waals surface area contributed by atoms with Crippen LogP contribution < -0.4 is 16.6 Å². The Labute approximate surface area is 169 Å². The van der Waals surface area contributed by atoms with E-state index in [4.69, 9.17) is 5.73 Å². The topological polar surface area (TPSA) is 101 Å². The second kappa shape index (κ2) is 9.05. The van der Waals surface area contributed by atoms with Crippen LogP contribution in [0, 0.1) is 6.92 Å². The molecule has 0 bridgehead atoms. The maximum Gasteiger partial charge on any atom is 0.274 e. The first-order chi connectivity index (χ1) is 14.1. The second-order valence-electron chi connectivity index (χ2n) is 6.42. The van der Waals surface area contributed by atoms with E-state index in [1.165, 1.54) is 16.1 Å². The maximum atomic E-state index is 12.4. The minimum atomic E-state index is -0.214. The van der Waals surface area contributed by atoms with E-state index in [0.717, 1.165) is 17.7 Å². The molecule has 150 valence electrons. The summed E-state index contributed by atoms with van der Waals surface area (Å²) < 4.78 is 1.33. The first-order valence-corrected chi connectivity index (χ1v) is 9.72. The van der Waals surface area contributed by atoms with Crippen molar-refractivity contribution in [2.24, 2.45) is 5.73 Å². The highest BCUT2D eigenvalue weighted by Gasteiger charge is 2.13. The van der Waals surface area contributed by atoms with Gasteiger partial charge in [0.25, 0.3) is 11.3 Å². The van der Waals surface area contributed by atoms with Crippen LogP contribution in [0.5, 0.6) is 0 Å². The molecule has 0 fully saturated rings. The first kappa shape index (κ1) is 20.1. The summed E-state index contributed by atoms with van der Waals surface area (Å²) in [6.45, 7) is 6.47. The van der Waals surface area contributed by atoms with Crippen LogP contribution in [0.1, 0.15) is 37.4 Å². The van der Waals surface area contributed by atoms with Crippen LogP contribution in [-0.4, -0.2) is 19.6 Å². The fourth-order valence-electron chi connectivity index (χ4n) is 2.88. The van der Waals surface area contributed by atoms with Crippen molar-refractivity contribution in [1.82, 2.24) is 19.6 Å². The fourth-order valence-corrected chi connectivity index (χ4v) is 2.88. The van der Waals surface area contributed by atoms with Crippen molar-refractivity contribution in [2.75, 3.05) is 5.32 Å². The molecule has 3 aromatic rings. The van der Waals surface area contributed by atoms with E-state index in [2.05, 4.69) is 20.4 Å². The molecule has 29 heavy (non-hydrogen) atoms. The fraction of sp³-hybridized carbons (Fsp3) is 0.227. The Morgan fingerprint density at radius 3 is 2.72 bits per heavy atom. The molecule has 0 radical (unpaired) electrons. The van der Waals surface area contributed by atoms with E-state index in [-0.39, 0.29) is 5.56 Å². The lowest BCUT2D eigenvalue weighted by atomic mass is 10.1. The molecule has 2 heterocycles. The molecule has 2 aromatic heterocycles. The van der Waals surface area contributed by atoms with Gasteiger partial charge in [0, 0.05) is 23.0 Å². The zero-order chi connectivity index (χ0) is 20.8. The number of aromatic nitrogens is 4. The van der Waals surface area contributed by atoms with E-state index in [1.807, 2.05) is 69.3 Å². The van der Waals surface area contributed by atoms with E-state index in [9.17, 15) is 4.79 Å². The number of benzene rings is 1. The van der Waals surface area contributed by atoms with Gasteiger partial charge < -0.3 is 11.1 Å². The van der Waals surface area contributed by atoms with Crippen molar-refractivity contribution in [3.63, 3.8) is 0 Å². The number of nitrogens with two attached hydrogens (primary N) is 1. The number of aromatic amines is 1. The van der Waals surface area contributed by atoms with Crippen LogP contribution in [0.2, 0.25) is 0 Å². The average molecular weight is 390 g/mol. The number of aryl methyl sites for hydroxylation is 1. The Hall–Kier alpha value is -3.61. The van der Waals surface area contributed by atoms with Gasteiger partial charge in [-0.25, -0.2) is 4.98 Å². The van der Waals surface area contributed by atoms with Gasteiger partial charge >= 0.3 is 0 Å². The number of hydrogen-bond acceptors (Lipinski definition) is 5. The normalized spacial score (nSPS) is 13.2. The van der Waals surface area contributed by atoms with E-state index < -0.39 is 0 Å². The van der Waals surface area contributed by atoms with Crippen LogP contribution in [-0.2, 0) is 6.54 Å². The van der Waals surface area contributed by atoms with Crippen LogP contribution in [0.4, 0.5) is 5.69 Å². The molecule has 7 nitrogen and oxygen atoms in total. The third-order valence-electron chi connectivity index (χ3n) is 4.34. The van der Waals surface area contributed by atoms with Crippen molar-refractivity contribution in [2.45, 2.75) is 33.7 Å². The van der Waals surface area contributed by atoms with Gasteiger partial charge in [-0.2, -0.15) is 9.50 Å². The third-order valence-corrected chi connectivity index (χ3v) is 4.34. The quantitative estimate of drug-likeness (QED) is 0.632. The number of nitrogens with zero attached hydrogens (tertiary/aromatic N) is 3. The number of nitrogens with one attached hydrogen (secondary N) is 2. The summed E-state index contributed by atoms with van der Waals surface area (Å²) in [5.41, 5.74) is 10.0. The van der Waals surface area contributed by atoms with Gasteiger partial charge in [-0.15, -0.1) is 0 Å². The smallest absolute Gasteiger partial charge is 0.274 e. The SMILES string of the molecule is CC.Cc1ccc(NCc2cc(=O)n3[nH]c(C4=CCC=CC=C4N)nc3n2)cc1. The van der Waals surface area contributed by atoms with E-state index in [1.54, 1.807) is 0 Å². The van der Waals surface area contributed by atoms with Crippen molar-refractivity contribution >= 4 is 17.0 Å². The number of allylic oxidation sites excluding steroid dienone is 5. The van der Waals surface area contributed by atoms with E-state index in [0.29, 0.717) is 29.5 Å². The summed E-state index contributed by atoms with van der Waals surface area (Å²) in [5, 5.41) is 6.26. The largest absolute Gasteiger partial charge is 0.398 e. The monoisotopic (exact) mass is 390 g/mol. The predicted molar refractivity (Wildman–Crippen MR) is 117 cm³/mol.